The van der Waals surface area contributed by atoms with Gasteiger partial charge in [-0.25, -0.2) is 14.8 Å². The molecule has 2 rings (SSSR count). The second-order valence-corrected chi connectivity index (χ2v) is 3.72. The van der Waals surface area contributed by atoms with Crippen LogP contribution in [0.4, 0.5) is 5.95 Å². The Labute approximate surface area is 99.8 Å². The second-order valence-electron chi connectivity index (χ2n) is 3.72. The largest absolute Gasteiger partial charge is 0.461 e. The molecule has 1 aromatic rings. The number of nitrogens with zero attached hydrogens (tertiary/aromatic N) is 2. The molecule has 6 nitrogen and oxygen atoms in total. The van der Waals surface area contributed by atoms with E-state index in [0.29, 0.717) is 24.8 Å². The molecule has 0 aliphatic carbocycles. The summed E-state index contributed by atoms with van der Waals surface area (Å²) in [6, 6.07) is 0. The first kappa shape index (κ1) is 11.8. The Bertz CT molecular complexity index is 434. The molecule has 6 heteroatoms. The van der Waals surface area contributed by atoms with Crippen LogP contribution in [-0.4, -0.2) is 36.1 Å². The fourth-order valence-electron chi connectivity index (χ4n) is 1.82. The molecular weight excluding hydrogens is 220 g/mol. The highest BCUT2D eigenvalue weighted by atomic mass is 16.5. The third-order valence-corrected chi connectivity index (χ3v) is 2.63. The maximum Gasteiger partial charge on any atom is 0.357 e. The van der Waals surface area contributed by atoms with Crippen LogP contribution in [0.25, 0.3) is 0 Å². The monoisotopic (exact) mass is 236 g/mol. The molecule has 0 amide bonds. The number of hydrogen-bond acceptors (Lipinski definition) is 6. The van der Waals surface area contributed by atoms with Crippen molar-refractivity contribution in [2.45, 2.75) is 19.9 Å². The molecule has 0 saturated heterocycles. The van der Waals surface area contributed by atoms with E-state index in [1.165, 1.54) is 0 Å². The highest BCUT2D eigenvalue weighted by molar-refractivity contribution is 5.89. The first-order valence-corrected chi connectivity index (χ1v) is 5.71. The standard InChI is InChI=1S/C11H16N4O2/c1-3-17-10(16)9-7-6-13-5-4-8(7)14-11(12-2)15-9/h13H,3-6H2,1-2H3,(H,12,14,15). The number of rotatable bonds is 3. The van der Waals surface area contributed by atoms with E-state index in [0.717, 1.165) is 24.2 Å². The number of carbonyl (C=O) groups excluding carboxylic acids is 1. The van der Waals surface area contributed by atoms with Gasteiger partial charge in [-0.2, -0.15) is 0 Å². The number of anilines is 1. The molecule has 0 bridgehead atoms. The molecule has 0 saturated carbocycles. The van der Waals surface area contributed by atoms with Crippen molar-refractivity contribution in [3.05, 3.63) is 17.0 Å². The van der Waals surface area contributed by atoms with Crippen LogP contribution in [0.2, 0.25) is 0 Å². The van der Waals surface area contributed by atoms with Crippen LogP contribution in [0.1, 0.15) is 28.7 Å². The number of ether oxygens (including phenoxy) is 1. The van der Waals surface area contributed by atoms with Gasteiger partial charge in [0, 0.05) is 32.1 Å². The summed E-state index contributed by atoms with van der Waals surface area (Å²) in [6.07, 6.45) is 0.805. The minimum Gasteiger partial charge on any atom is -0.461 e. The van der Waals surface area contributed by atoms with Crippen LogP contribution < -0.4 is 10.6 Å². The normalized spacial score (nSPS) is 14.0. The fourth-order valence-corrected chi connectivity index (χ4v) is 1.82. The highest BCUT2D eigenvalue weighted by Crippen LogP contribution is 2.18. The minimum atomic E-state index is -0.383. The van der Waals surface area contributed by atoms with E-state index < -0.39 is 0 Å². The molecule has 17 heavy (non-hydrogen) atoms. The molecule has 0 unspecified atom stereocenters. The summed E-state index contributed by atoms with van der Waals surface area (Å²) >= 11 is 0. The lowest BCUT2D eigenvalue weighted by atomic mass is 10.1. The van der Waals surface area contributed by atoms with Crippen LogP contribution >= 0.6 is 0 Å². The van der Waals surface area contributed by atoms with Gasteiger partial charge in [-0.15, -0.1) is 0 Å². The summed E-state index contributed by atoms with van der Waals surface area (Å²) in [6.45, 7) is 3.62. The topological polar surface area (TPSA) is 76.1 Å². The van der Waals surface area contributed by atoms with Crippen molar-refractivity contribution >= 4 is 11.9 Å². The first-order valence-electron chi connectivity index (χ1n) is 5.71. The van der Waals surface area contributed by atoms with E-state index in [1.54, 1.807) is 14.0 Å². The molecule has 2 N–H and O–H groups in total. The van der Waals surface area contributed by atoms with E-state index in [9.17, 15) is 4.79 Å². The number of aromatic nitrogens is 2. The minimum absolute atomic E-state index is 0.347. The third kappa shape index (κ3) is 2.36. The Morgan fingerprint density at radius 2 is 2.35 bits per heavy atom. The van der Waals surface area contributed by atoms with E-state index in [2.05, 4.69) is 20.6 Å². The fraction of sp³-hybridized carbons (Fsp3) is 0.545. The molecule has 0 radical (unpaired) electrons. The molecule has 0 spiro atoms. The van der Waals surface area contributed by atoms with Gasteiger partial charge < -0.3 is 15.4 Å². The van der Waals surface area contributed by atoms with Gasteiger partial charge >= 0.3 is 5.97 Å². The zero-order valence-electron chi connectivity index (χ0n) is 10.0. The Balaban J connectivity index is 2.44. The van der Waals surface area contributed by atoms with Crippen LogP contribution in [0.3, 0.4) is 0 Å². The van der Waals surface area contributed by atoms with Crippen molar-refractivity contribution in [2.75, 3.05) is 25.5 Å². The van der Waals surface area contributed by atoms with Crippen molar-refractivity contribution < 1.29 is 9.53 Å². The second kappa shape index (κ2) is 5.09. The van der Waals surface area contributed by atoms with Gasteiger partial charge in [0.15, 0.2) is 5.69 Å². The number of nitrogens with one attached hydrogen (secondary N) is 2. The summed E-state index contributed by atoms with van der Waals surface area (Å²) in [5.41, 5.74) is 2.15. The van der Waals surface area contributed by atoms with Gasteiger partial charge in [0.1, 0.15) is 0 Å². The van der Waals surface area contributed by atoms with Crippen molar-refractivity contribution in [1.29, 1.82) is 0 Å². The zero-order valence-corrected chi connectivity index (χ0v) is 10.0. The Morgan fingerprint density at radius 3 is 3.06 bits per heavy atom. The maximum atomic E-state index is 11.8. The molecule has 2 heterocycles. The molecule has 92 valence electrons. The van der Waals surface area contributed by atoms with Gasteiger partial charge in [0.2, 0.25) is 5.95 Å². The molecule has 0 fully saturated rings. The van der Waals surface area contributed by atoms with E-state index in [4.69, 9.17) is 4.74 Å². The molecule has 1 aliphatic heterocycles. The Morgan fingerprint density at radius 1 is 1.53 bits per heavy atom. The number of hydrogen-bond donors (Lipinski definition) is 2. The van der Waals surface area contributed by atoms with Crippen LogP contribution in [0.5, 0.6) is 0 Å². The van der Waals surface area contributed by atoms with Gasteiger partial charge in [-0.05, 0) is 6.92 Å². The van der Waals surface area contributed by atoms with E-state index >= 15 is 0 Å². The lowest BCUT2D eigenvalue weighted by Gasteiger charge is -2.19. The molecule has 0 aromatic carbocycles. The van der Waals surface area contributed by atoms with Crippen molar-refractivity contribution in [3.63, 3.8) is 0 Å². The van der Waals surface area contributed by atoms with Crippen LogP contribution in [0, 0.1) is 0 Å². The number of carbonyl (C=O) groups is 1. The lowest BCUT2D eigenvalue weighted by molar-refractivity contribution is 0.0517. The zero-order chi connectivity index (χ0) is 12.3. The average Bonchev–Trinajstić information content (AvgIpc) is 2.37. The third-order valence-electron chi connectivity index (χ3n) is 2.63. The van der Waals surface area contributed by atoms with Crippen molar-refractivity contribution in [1.82, 2.24) is 15.3 Å². The highest BCUT2D eigenvalue weighted by Gasteiger charge is 2.22. The van der Waals surface area contributed by atoms with Crippen molar-refractivity contribution in [3.8, 4) is 0 Å². The summed E-state index contributed by atoms with van der Waals surface area (Å²) in [4.78, 5) is 20.4. The molecule has 1 aliphatic rings. The molecular formula is C11H16N4O2. The van der Waals surface area contributed by atoms with Crippen LogP contribution in [-0.2, 0) is 17.7 Å². The SMILES string of the molecule is CCOC(=O)c1nc(NC)nc2c1CNCC2. The van der Waals surface area contributed by atoms with E-state index in [-0.39, 0.29) is 5.97 Å². The molecule has 1 aromatic heterocycles. The van der Waals surface area contributed by atoms with Crippen molar-refractivity contribution in [2.24, 2.45) is 0 Å². The lowest BCUT2D eigenvalue weighted by Crippen LogP contribution is -2.28. The average molecular weight is 236 g/mol. The quantitative estimate of drug-likeness (QED) is 0.737. The summed E-state index contributed by atoms with van der Waals surface area (Å²) < 4.78 is 5.01. The number of fused-ring (bicyclic) bond motifs is 1. The smallest absolute Gasteiger partial charge is 0.357 e. The predicted octanol–water partition coefficient (Wildman–Crippen LogP) is 0.341. The number of esters is 1. The van der Waals surface area contributed by atoms with E-state index in [1.807, 2.05) is 0 Å². The van der Waals surface area contributed by atoms with Gasteiger partial charge in [0.25, 0.3) is 0 Å². The summed E-state index contributed by atoms with van der Waals surface area (Å²) in [5.74, 6) is 0.0834. The Hall–Kier alpha value is -1.69. The summed E-state index contributed by atoms with van der Waals surface area (Å²) in [7, 11) is 1.73. The maximum absolute atomic E-state index is 11.8. The van der Waals surface area contributed by atoms with Gasteiger partial charge in [0.05, 0.1) is 12.3 Å². The van der Waals surface area contributed by atoms with Gasteiger partial charge in [-0.1, -0.05) is 0 Å². The molecule has 0 atom stereocenters. The van der Waals surface area contributed by atoms with Gasteiger partial charge in [-0.3, -0.25) is 0 Å². The first-order chi connectivity index (χ1) is 8.26. The summed E-state index contributed by atoms with van der Waals surface area (Å²) in [5, 5.41) is 6.07. The predicted molar refractivity (Wildman–Crippen MR) is 62.9 cm³/mol. The Kier molecular flexibility index (Phi) is 3.53. The van der Waals surface area contributed by atoms with Crippen LogP contribution in [0.15, 0.2) is 0 Å².